The number of benzene rings is 1. The first kappa shape index (κ1) is 14.9. The highest BCUT2D eigenvalue weighted by atomic mass is 35.5. The highest BCUT2D eigenvalue weighted by molar-refractivity contribution is 6.30. The summed E-state index contributed by atoms with van der Waals surface area (Å²) >= 11 is 6.03. The number of rotatable bonds is 6. The molecule has 0 heterocycles. The summed E-state index contributed by atoms with van der Waals surface area (Å²) in [6.45, 7) is 5.68. The minimum absolute atomic E-state index is 0.447. The van der Waals surface area contributed by atoms with Crippen LogP contribution in [0.4, 0.5) is 0 Å². The van der Waals surface area contributed by atoms with Gasteiger partial charge in [0.1, 0.15) is 0 Å². The van der Waals surface area contributed by atoms with E-state index in [9.17, 15) is 0 Å². The van der Waals surface area contributed by atoms with E-state index in [0.717, 1.165) is 11.6 Å². The first-order valence-electron chi connectivity index (χ1n) is 7.70. The monoisotopic (exact) mass is 279 g/mol. The lowest BCUT2D eigenvalue weighted by Gasteiger charge is -2.38. The molecule has 0 bridgehead atoms. The largest absolute Gasteiger partial charge is 0.309 e. The van der Waals surface area contributed by atoms with Gasteiger partial charge >= 0.3 is 0 Å². The summed E-state index contributed by atoms with van der Waals surface area (Å²) in [5.74, 6) is 0. The van der Waals surface area contributed by atoms with Crippen LogP contribution in [0.15, 0.2) is 24.3 Å². The van der Waals surface area contributed by atoms with Gasteiger partial charge < -0.3 is 5.32 Å². The molecule has 106 valence electrons. The van der Waals surface area contributed by atoms with E-state index >= 15 is 0 Å². The Kier molecular flexibility index (Phi) is 5.29. The van der Waals surface area contributed by atoms with Gasteiger partial charge in [-0.15, -0.1) is 0 Å². The molecule has 1 N–H and O–H groups in total. The lowest BCUT2D eigenvalue weighted by atomic mass is 9.73. The molecule has 2 heteroatoms. The third kappa shape index (κ3) is 3.32. The molecule has 1 unspecified atom stereocenters. The van der Waals surface area contributed by atoms with Gasteiger partial charge in [-0.2, -0.15) is 0 Å². The third-order valence-corrected chi connectivity index (χ3v) is 4.97. The van der Waals surface area contributed by atoms with Crippen molar-refractivity contribution < 1.29 is 0 Å². The molecule has 1 atom stereocenters. The molecule has 0 saturated heterocycles. The van der Waals surface area contributed by atoms with Gasteiger partial charge in [0.25, 0.3) is 0 Å². The normalized spacial score (nSPS) is 19.5. The van der Waals surface area contributed by atoms with Crippen molar-refractivity contribution in [2.75, 3.05) is 6.54 Å². The molecule has 1 saturated carbocycles. The molecule has 1 aromatic rings. The molecule has 1 aromatic carbocycles. The maximum Gasteiger partial charge on any atom is 0.0406 e. The number of nitrogens with one attached hydrogen (secondary N) is 1. The van der Waals surface area contributed by atoms with Crippen molar-refractivity contribution in [3.63, 3.8) is 0 Å². The van der Waals surface area contributed by atoms with E-state index in [1.807, 2.05) is 12.1 Å². The molecule has 1 aliphatic rings. The van der Waals surface area contributed by atoms with Crippen molar-refractivity contribution in [3.05, 3.63) is 34.9 Å². The van der Waals surface area contributed by atoms with Crippen molar-refractivity contribution in [2.45, 2.75) is 58.4 Å². The van der Waals surface area contributed by atoms with Crippen LogP contribution in [0.2, 0.25) is 5.02 Å². The maximum atomic E-state index is 6.03. The van der Waals surface area contributed by atoms with Gasteiger partial charge in [0, 0.05) is 11.1 Å². The molecule has 0 aliphatic heterocycles. The minimum Gasteiger partial charge on any atom is -0.309 e. The average Bonchev–Trinajstić information content (AvgIpc) is 2.91. The fourth-order valence-corrected chi connectivity index (χ4v) is 3.68. The first-order valence-corrected chi connectivity index (χ1v) is 8.08. The molecule has 0 spiro atoms. The summed E-state index contributed by atoms with van der Waals surface area (Å²) in [4.78, 5) is 0. The highest BCUT2D eigenvalue weighted by Crippen LogP contribution is 2.50. The van der Waals surface area contributed by atoms with Crippen molar-refractivity contribution in [1.82, 2.24) is 5.32 Å². The summed E-state index contributed by atoms with van der Waals surface area (Å²) in [6.07, 6.45) is 7.92. The fraction of sp³-hybridized carbons (Fsp3) is 0.647. The van der Waals surface area contributed by atoms with Crippen LogP contribution in [0.1, 0.15) is 64.0 Å². The Labute approximate surface area is 122 Å². The van der Waals surface area contributed by atoms with Crippen LogP contribution >= 0.6 is 11.6 Å². The molecular weight excluding hydrogens is 254 g/mol. The molecule has 1 fully saturated rings. The second kappa shape index (κ2) is 6.76. The molecule has 0 aromatic heterocycles. The predicted octanol–water partition coefficient (Wildman–Crippen LogP) is 5.35. The van der Waals surface area contributed by atoms with E-state index in [0.29, 0.717) is 11.5 Å². The van der Waals surface area contributed by atoms with Gasteiger partial charge in [0.2, 0.25) is 0 Å². The number of halogens is 1. The summed E-state index contributed by atoms with van der Waals surface area (Å²) in [5, 5.41) is 4.62. The summed E-state index contributed by atoms with van der Waals surface area (Å²) in [6, 6.07) is 8.93. The number of hydrogen-bond donors (Lipinski definition) is 1. The zero-order valence-corrected chi connectivity index (χ0v) is 13.0. The van der Waals surface area contributed by atoms with Gasteiger partial charge in [0.05, 0.1) is 0 Å². The topological polar surface area (TPSA) is 12.0 Å². The van der Waals surface area contributed by atoms with E-state index < -0.39 is 0 Å². The Bertz CT molecular complexity index is 379. The third-order valence-electron chi connectivity index (χ3n) is 4.72. The molecule has 1 aliphatic carbocycles. The molecular formula is C17H26ClN. The summed E-state index contributed by atoms with van der Waals surface area (Å²) in [5.41, 5.74) is 1.85. The zero-order valence-electron chi connectivity index (χ0n) is 12.2. The molecule has 19 heavy (non-hydrogen) atoms. The number of hydrogen-bond acceptors (Lipinski definition) is 1. The van der Waals surface area contributed by atoms with Gasteiger partial charge in [-0.25, -0.2) is 0 Å². The van der Waals surface area contributed by atoms with Crippen LogP contribution in [0, 0.1) is 5.41 Å². The second-order valence-corrected chi connectivity index (χ2v) is 6.30. The predicted molar refractivity (Wildman–Crippen MR) is 83.7 cm³/mol. The van der Waals surface area contributed by atoms with Crippen LogP contribution in [0.3, 0.4) is 0 Å². The SMILES string of the molecule is CCCNC(c1ccc(Cl)cc1)C1(CC)CCCC1. The fourth-order valence-electron chi connectivity index (χ4n) is 3.56. The Morgan fingerprint density at radius 2 is 1.79 bits per heavy atom. The summed E-state index contributed by atoms with van der Waals surface area (Å²) < 4.78 is 0. The Morgan fingerprint density at radius 1 is 1.16 bits per heavy atom. The van der Waals surface area contributed by atoms with Crippen LogP contribution in [0.25, 0.3) is 0 Å². The lowest BCUT2D eigenvalue weighted by molar-refractivity contribution is 0.187. The van der Waals surface area contributed by atoms with E-state index in [2.05, 4.69) is 31.3 Å². The minimum atomic E-state index is 0.447. The quantitative estimate of drug-likeness (QED) is 0.740. The zero-order chi connectivity index (χ0) is 13.7. The molecule has 0 amide bonds. The van der Waals surface area contributed by atoms with Gasteiger partial charge in [-0.3, -0.25) is 0 Å². The molecule has 0 radical (unpaired) electrons. The van der Waals surface area contributed by atoms with Crippen molar-refractivity contribution in [1.29, 1.82) is 0 Å². The molecule has 2 rings (SSSR count). The first-order chi connectivity index (χ1) is 9.22. The second-order valence-electron chi connectivity index (χ2n) is 5.86. The van der Waals surface area contributed by atoms with Crippen molar-refractivity contribution >= 4 is 11.6 Å². The van der Waals surface area contributed by atoms with Crippen molar-refractivity contribution in [3.8, 4) is 0 Å². The standard InChI is InChI=1S/C17H26ClN/c1-3-13-19-16(14-7-9-15(18)10-8-14)17(4-2)11-5-6-12-17/h7-10,16,19H,3-6,11-13H2,1-2H3. The highest BCUT2D eigenvalue weighted by Gasteiger charge is 2.40. The van der Waals surface area contributed by atoms with Gasteiger partial charge in [0.15, 0.2) is 0 Å². The van der Waals surface area contributed by atoms with Gasteiger partial charge in [-0.05, 0) is 55.3 Å². The Hall–Kier alpha value is -0.530. The Morgan fingerprint density at radius 3 is 2.32 bits per heavy atom. The van der Waals surface area contributed by atoms with Crippen LogP contribution in [-0.2, 0) is 0 Å². The van der Waals surface area contributed by atoms with Crippen molar-refractivity contribution in [2.24, 2.45) is 5.41 Å². The lowest BCUT2D eigenvalue weighted by Crippen LogP contribution is -2.36. The Balaban J connectivity index is 2.26. The van der Waals surface area contributed by atoms with E-state index in [-0.39, 0.29) is 0 Å². The van der Waals surface area contributed by atoms with E-state index in [1.165, 1.54) is 44.1 Å². The molecule has 1 nitrogen and oxygen atoms in total. The van der Waals surface area contributed by atoms with E-state index in [4.69, 9.17) is 11.6 Å². The smallest absolute Gasteiger partial charge is 0.0406 e. The van der Waals surface area contributed by atoms with Gasteiger partial charge in [-0.1, -0.05) is 50.4 Å². The maximum absolute atomic E-state index is 6.03. The average molecular weight is 280 g/mol. The summed E-state index contributed by atoms with van der Waals surface area (Å²) in [7, 11) is 0. The van der Waals surface area contributed by atoms with Crippen LogP contribution in [0.5, 0.6) is 0 Å². The van der Waals surface area contributed by atoms with Crippen LogP contribution in [-0.4, -0.2) is 6.54 Å². The van der Waals surface area contributed by atoms with E-state index in [1.54, 1.807) is 0 Å². The van der Waals surface area contributed by atoms with Crippen LogP contribution < -0.4 is 5.32 Å².